The molecule has 0 spiro atoms. The number of carbonyl (C=O) groups excluding carboxylic acids is 1. The van der Waals surface area contributed by atoms with Crippen LogP contribution in [0.1, 0.15) is 30.9 Å². The molecular weight excluding hydrogens is 373 g/mol. The van der Waals surface area contributed by atoms with Gasteiger partial charge in [-0.05, 0) is 36.4 Å². The van der Waals surface area contributed by atoms with Crippen molar-refractivity contribution in [3.8, 4) is 0 Å². The van der Waals surface area contributed by atoms with Crippen molar-refractivity contribution in [1.82, 2.24) is 15.5 Å². The van der Waals surface area contributed by atoms with Crippen LogP contribution in [0.25, 0.3) is 0 Å². The number of benzene rings is 1. The van der Waals surface area contributed by atoms with E-state index in [1.54, 1.807) is 7.11 Å². The van der Waals surface area contributed by atoms with E-state index < -0.39 is 0 Å². The van der Waals surface area contributed by atoms with E-state index in [1.807, 2.05) is 6.07 Å². The third-order valence-corrected chi connectivity index (χ3v) is 4.50. The van der Waals surface area contributed by atoms with E-state index in [0.29, 0.717) is 26.2 Å². The van der Waals surface area contributed by atoms with Gasteiger partial charge in [0.1, 0.15) is 0 Å². The average molecular weight is 406 g/mol. The number of ether oxygens (including phenoxy) is 1. The zero-order valence-electron chi connectivity index (χ0n) is 15.8. The van der Waals surface area contributed by atoms with E-state index in [4.69, 9.17) is 4.74 Å². The molecule has 1 saturated heterocycles. The second kappa shape index (κ2) is 14.2. The summed E-state index contributed by atoms with van der Waals surface area (Å²) in [5.74, 6) is 0.802. The molecule has 1 unspecified atom stereocenters. The zero-order valence-corrected chi connectivity index (χ0v) is 17.5. The van der Waals surface area contributed by atoms with Crippen molar-refractivity contribution in [2.75, 3.05) is 39.9 Å². The van der Waals surface area contributed by atoms with Gasteiger partial charge in [-0.3, -0.25) is 9.69 Å². The van der Waals surface area contributed by atoms with Crippen LogP contribution in [0.15, 0.2) is 24.3 Å². The lowest BCUT2D eigenvalue weighted by Gasteiger charge is -2.31. The number of amides is 1. The molecule has 1 atom stereocenters. The molecule has 5 nitrogen and oxygen atoms in total. The first-order valence-electron chi connectivity index (χ1n) is 8.94. The van der Waals surface area contributed by atoms with E-state index in [1.165, 1.54) is 37.1 Å². The molecule has 1 aliphatic rings. The van der Waals surface area contributed by atoms with Gasteiger partial charge in [-0.25, -0.2) is 0 Å². The number of carbonyl (C=O) groups is 1. The maximum atomic E-state index is 11.9. The second-order valence-electron chi connectivity index (χ2n) is 6.70. The van der Waals surface area contributed by atoms with Gasteiger partial charge in [0.2, 0.25) is 5.91 Å². The molecule has 150 valence electrons. The van der Waals surface area contributed by atoms with Crippen LogP contribution in [0.4, 0.5) is 0 Å². The molecule has 1 aromatic carbocycles. The summed E-state index contributed by atoms with van der Waals surface area (Å²) >= 11 is 0. The number of hydrogen-bond acceptors (Lipinski definition) is 4. The number of halogens is 2. The predicted octanol–water partition coefficient (Wildman–Crippen LogP) is 2.61. The number of nitrogens with one attached hydrogen (secondary N) is 2. The van der Waals surface area contributed by atoms with Crippen LogP contribution in [0.2, 0.25) is 0 Å². The van der Waals surface area contributed by atoms with Crippen LogP contribution in [-0.4, -0.2) is 50.7 Å². The fourth-order valence-corrected chi connectivity index (χ4v) is 3.19. The summed E-state index contributed by atoms with van der Waals surface area (Å²) in [7, 11) is 1.65. The lowest BCUT2D eigenvalue weighted by molar-refractivity contribution is -0.120. The highest BCUT2D eigenvalue weighted by molar-refractivity contribution is 5.85. The fraction of sp³-hybridized carbons (Fsp3) is 0.632. The van der Waals surface area contributed by atoms with Gasteiger partial charge < -0.3 is 15.4 Å². The summed E-state index contributed by atoms with van der Waals surface area (Å²) in [6.07, 6.45) is 2.62. The number of likely N-dealkylation sites (tertiary alicyclic amines) is 1. The van der Waals surface area contributed by atoms with Gasteiger partial charge in [0.25, 0.3) is 0 Å². The van der Waals surface area contributed by atoms with Crippen molar-refractivity contribution in [3.05, 3.63) is 35.4 Å². The minimum atomic E-state index is 0. The first-order valence-corrected chi connectivity index (χ1v) is 8.94. The summed E-state index contributed by atoms with van der Waals surface area (Å²) in [6, 6.07) is 8.42. The van der Waals surface area contributed by atoms with Gasteiger partial charge in [0.05, 0.1) is 13.2 Å². The number of methoxy groups -OCH3 is 1. The summed E-state index contributed by atoms with van der Waals surface area (Å²) < 4.78 is 4.95. The van der Waals surface area contributed by atoms with E-state index >= 15 is 0 Å². The lowest BCUT2D eigenvalue weighted by Crippen LogP contribution is -2.36. The van der Waals surface area contributed by atoms with Crippen molar-refractivity contribution in [2.24, 2.45) is 5.92 Å². The topological polar surface area (TPSA) is 53.6 Å². The Balaban J connectivity index is 0.00000312. The van der Waals surface area contributed by atoms with E-state index in [9.17, 15) is 4.79 Å². The molecule has 7 heteroatoms. The predicted molar refractivity (Wildman–Crippen MR) is 111 cm³/mol. The standard InChI is InChI=1S/C19H31N3O2.2ClH/c1-16-6-5-10-22(14-16)15-18-8-4-3-7-17(18)12-21-19(23)13-20-9-11-24-2;;/h3-4,7-8,16,20H,5-6,9-15H2,1-2H3,(H,21,23);2*1H. The van der Waals surface area contributed by atoms with Crippen LogP contribution in [0.5, 0.6) is 0 Å². The molecule has 0 aromatic heterocycles. The monoisotopic (exact) mass is 405 g/mol. The smallest absolute Gasteiger partial charge is 0.234 e. The minimum Gasteiger partial charge on any atom is -0.383 e. The average Bonchev–Trinajstić information content (AvgIpc) is 2.58. The van der Waals surface area contributed by atoms with Gasteiger partial charge in [-0.1, -0.05) is 31.2 Å². The van der Waals surface area contributed by atoms with E-state index in [2.05, 4.69) is 40.7 Å². The number of hydrogen-bond donors (Lipinski definition) is 2. The molecular formula is C19H33Cl2N3O2. The molecule has 1 fully saturated rings. The molecule has 0 radical (unpaired) electrons. The molecule has 2 N–H and O–H groups in total. The quantitative estimate of drug-likeness (QED) is 0.619. The first-order chi connectivity index (χ1) is 11.7. The Hall–Kier alpha value is -0.850. The van der Waals surface area contributed by atoms with Gasteiger partial charge in [0, 0.05) is 33.3 Å². The molecule has 1 amide bonds. The van der Waals surface area contributed by atoms with Gasteiger partial charge in [-0.15, -0.1) is 24.8 Å². The van der Waals surface area contributed by atoms with E-state index in [0.717, 1.165) is 12.5 Å². The highest BCUT2D eigenvalue weighted by Gasteiger charge is 2.17. The maximum Gasteiger partial charge on any atom is 0.234 e. The Morgan fingerprint density at radius 1 is 1.27 bits per heavy atom. The summed E-state index contributed by atoms with van der Waals surface area (Å²) in [5, 5.41) is 6.06. The Morgan fingerprint density at radius 2 is 2.00 bits per heavy atom. The van der Waals surface area contributed by atoms with Crippen LogP contribution in [0, 0.1) is 5.92 Å². The first kappa shape index (κ1) is 25.1. The minimum absolute atomic E-state index is 0. The summed E-state index contributed by atoms with van der Waals surface area (Å²) in [4.78, 5) is 14.4. The zero-order chi connectivity index (χ0) is 17.2. The summed E-state index contributed by atoms with van der Waals surface area (Å²) in [5.41, 5.74) is 2.53. The molecule has 1 heterocycles. The van der Waals surface area contributed by atoms with E-state index in [-0.39, 0.29) is 30.7 Å². The van der Waals surface area contributed by atoms with Crippen molar-refractivity contribution >= 4 is 30.7 Å². The van der Waals surface area contributed by atoms with Crippen molar-refractivity contribution in [3.63, 3.8) is 0 Å². The molecule has 1 aromatic rings. The maximum absolute atomic E-state index is 11.9. The molecule has 1 aliphatic heterocycles. The number of piperidine rings is 1. The van der Waals surface area contributed by atoms with Crippen molar-refractivity contribution in [2.45, 2.75) is 32.9 Å². The highest BCUT2D eigenvalue weighted by atomic mass is 35.5. The molecule has 0 bridgehead atoms. The van der Waals surface area contributed by atoms with Gasteiger partial charge >= 0.3 is 0 Å². The molecule has 26 heavy (non-hydrogen) atoms. The Morgan fingerprint density at radius 3 is 2.69 bits per heavy atom. The Bertz CT molecular complexity index is 517. The van der Waals surface area contributed by atoms with Gasteiger partial charge in [0.15, 0.2) is 0 Å². The molecule has 0 aliphatic carbocycles. The highest BCUT2D eigenvalue weighted by Crippen LogP contribution is 2.19. The summed E-state index contributed by atoms with van der Waals surface area (Å²) in [6.45, 7) is 7.87. The van der Waals surface area contributed by atoms with Crippen LogP contribution >= 0.6 is 24.8 Å². The van der Waals surface area contributed by atoms with Crippen LogP contribution in [-0.2, 0) is 22.6 Å². The van der Waals surface area contributed by atoms with Crippen molar-refractivity contribution in [1.29, 1.82) is 0 Å². The largest absolute Gasteiger partial charge is 0.383 e. The van der Waals surface area contributed by atoms with Crippen molar-refractivity contribution < 1.29 is 9.53 Å². The second-order valence-corrected chi connectivity index (χ2v) is 6.70. The third kappa shape index (κ3) is 9.19. The SMILES string of the molecule is COCCNCC(=O)NCc1ccccc1CN1CCCC(C)C1.Cl.Cl. The third-order valence-electron chi connectivity index (χ3n) is 4.50. The number of nitrogens with zero attached hydrogens (tertiary/aromatic N) is 1. The Kier molecular flexibility index (Phi) is 13.8. The number of rotatable bonds is 9. The lowest BCUT2D eigenvalue weighted by atomic mass is 9.99. The van der Waals surface area contributed by atoms with Crippen LogP contribution in [0.3, 0.4) is 0 Å². The van der Waals surface area contributed by atoms with Gasteiger partial charge in [-0.2, -0.15) is 0 Å². The van der Waals surface area contributed by atoms with Crippen LogP contribution < -0.4 is 10.6 Å². The molecule has 0 saturated carbocycles. The fourth-order valence-electron chi connectivity index (χ4n) is 3.19. The Labute approximate surface area is 170 Å². The normalized spacial score (nSPS) is 17.1. The molecule has 2 rings (SSSR count).